The minimum atomic E-state index is 0.492. The van der Waals surface area contributed by atoms with Crippen molar-refractivity contribution in [2.75, 3.05) is 24.9 Å². The highest BCUT2D eigenvalue weighted by atomic mass is 16.5. The van der Waals surface area contributed by atoms with Crippen molar-refractivity contribution in [3.05, 3.63) is 59.8 Å². The van der Waals surface area contributed by atoms with E-state index in [0.717, 1.165) is 35.1 Å². The summed E-state index contributed by atoms with van der Waals surface area (Å²) in [5.41, 5.74) is 3.90. The fourth-order valence-corrected chi connectivity index (χ4v) is 2.68. The van der Waals surface area contributed by atoms with Crippen LogP contribution in [-0.4, -0.2) is 24.2 Å². The molecule has 6 nitrogen and oxygen atoms in total. The minimum Gasteiger partial charge on any atom is -0.497 e. The van der Waals surface area contributed by atoms with Crippen LogP contribution in [0.25, 0.3) is 0 Å². The molecule has 0 bridgehead atoms. The first kappa shape index (κ1) is 18.5. The predicted octanol–water partition coefficient (Wildman–Crippen LogP) is 4.85. The van der Waals surface area contributed by atoms with Gasteiger partial charge in [-0.15, -0.1) is 0 Å². The van der Waals surface area contributed by atoms with Gasteiger partial charge in [0.2, 0.25) is 5.95 Å². The van der Waals surface area contributed by atoms with Crippen LogP contribution in [0.5, 0.6) is 11.5 Å². The molecular formula is C21H24N4O2. The summed E-state index contributed by atoms with van der Waals surface area (Å²) in [5, 5.41) is 6.54. The van der Waals surface area contributed by atoms with Crippen molar-refractivity contribution in [1.82, 2.24) is 9.97 Å². The highest BCUT2D eigenvalue weighted by Gasteiger charge is 2.09. The van der Waals surface area contributed by atoms with Gasteiger partial charge in [0.05, 0.1) is 19.9 Å². The molecule has 3 rings (SSSR count). The van der Waals surface area contributed by atoms with Gasteiger partial charge in [0.15, 0.2) is 0 Å². The third-order valence-electron chi connectivity index (χ3n) is 4.14. The van der Waals surface area contributed by atoms with Gasteiger partial charge >= 0.3 is 0 Å². The maximum Gasteiger partial charge on any atom is 0.229 e. The van der Waals surface area contributed by atoms with Crippen LogP contribution in [0, 0.1) is 6.92 Å². The van der Waals surface area contributed by atoms with Crippen LogP contribution in [0.4, 0.5) is 23.1 Å². The maximum atomic E-state index is 5.42. The van der Waals surface area contributed by atoms with Crippen molar-refractivity contribution in [3.63, 3.8) is 0 Å². The third-order valence-corrected chi connectivity index (χ3v) is 4.14. The average molecular weight is 364 g/mol. The van der Waals surface area contributed by atoms with E-state index in [1.807, 2.05) is 31.2 Å². The molecule has 6 heteroatoms. The van der Waals surface area contributed by atoms with Crippen molar-refractivity contribution in [3.8, 4) is 11.5 Å². The third kappa shape index (κ3) is 4.67. The number of nitrogens with zero attached hydrogens (tertiary/aromatic N) is 2. The van der Waals surface area contributed by atoms with E-state index in [4.69, 9.17) is 9.47 Å². The summed E-state index contributed by atoms with van der Waals surface area (Å²) in [6, 6.07) is 15.8. The Labute approximate surface area is 159 Å². The Hall–Kier alpha value is -3.28. The van der Waals surface area contributed by atoms with Gasteiger partial charge in [0, 0.05) is 23.5 Å². The quantitative estimate of drug-likeness (QED) is 0.624. The second-order valence-electron chi connectivity index (χ2n) is 6.08. The van der Waals surface area contributed by atoms with Gasteiger partial charge < -0.3 is 20.1 Å². The number of aromatic nitrogens is 2. The monoisotopic (exact) mass is 364 g/mol. The lowest BCUT2D eigenvalue weighted by Gasteiger charge is -2.13. The molecule has 0 aliphatic heterocycles. The molecule has 0 saturated carbocycles. The summed E-state index contributed by atoms with van der Waals surface area (Å²) in [6.45, 7) is 4.07. The molecule has 140 valence electrons. The van der Waals surface area contributed by atoms with E-state index < -0.39 is 0 Å². The summed E-state index contributed by atoms with van der Waals surface area (Å²) in [6.07, 6.45) is 1.02. The molecule has 2 aromatic carbocycles. The lowest BCUT2D eigenvalue weighted by molar-refractivity contribution is 0.395. The summed E-state index contributed by atoms with van der Waals surface area (Å²) < 4.78 is 10.7. The molecule has 27 heavy (non-hydrogen) atoms. The number of aryl methyl sites for hydroxylation is 2. The average Bonchev–Trinajstić information content (AvgIpc) is 2.68. The summed E-state index contributed by atoms with van der Waals surface area (Å²) in [4.78, 5) is 9.03. The molecule has 0 aliphatic carbocycles. The van der Waals surface area contributed by atoms with Crippen LogP contribution in [0.3, 0.4) is 0 Å². The summed E-state index contributed by atoms with van der Waals surface area (Å²) >= 11 is 0. The zero-order chi connectivity index (χ0) is 19.2. The largest absolute Gasteiger partial charge is 0.497 e. The normalized spacial score (nSPS) is 10.4. The minimum absolute atomic E-state index is 0.492. The van der Waals surface area contributed by atoms with E-state index in [1.54, 1.807) is 14.2 Å². The molecule has 0 unspecified atom stereocenters. The fraction of sp³-hybridized carbons (Fsp3) is 0.238. The lowest BCUT2D eigenvalue weighted by atomic mass is 10.1. The van der Waals surface area contributed by atoms with Crippen LogP contribution in [0.1, 0.15) is 18.2 Å². The highest BCUT2D eigenvalue weighted by molar-refractivity contribution is 5.66. The van der Waals surface area contributed by atoms with Gasteiger partial charge in [-0.2, -0.15) is 4.98 Å². The van der Waals surface area contributed by atoms with E-state index in [9.17, 15) is 0 Å². The van der Waals surface area contributed by atoms with E-state index in [2.05, 4.69) is 51.8 Å². The number of rotatable bonds is 7. The summed E-state index contributed by atoms with van der Waals surface area (Å²) in [5.74, 6) is 2.59. The van der Waals surface area contributed by atoms with Crippen LogP contribution in [0.15, 0.2) is 48.5 Å². The number of methoxy groups -OCH3 is 2. The van der Waals surface area contributed by atoms with E-state index >= 15 is 0 Å². The molecule has 2 N–H and O–H groups in total. The van der Waals surface area contributed by atoms with Gasteiger partial charge in [-0.3, -0.25) is 0 Å². The molecule has 3 aromatic rings. The number of nitrogens with one attached hydrogen (secondary N) is 2. The maximum absolute atomic E-state index is 5.42. The standard InChI is InChI=1S/C21H24N4O2/c1-5-15-6-8-16(9-7-15)23-20-12-14(2)22-21(25-20)24-18-11-10-17(26-3)13-19(18)27-4/h6-13H,5H2,1-4H3,(H2,22,23,24,25). The van der Waals surface area contributed by atoms with Crippen LogP contribution < -0.4 is 20.1 Å². The van der Waals surface area contributed by atoms with Crippen LogP contribution in [-0.2, 0) is 6.42 Å². The second kappa shape index (κ2) is 8.40. The van der Waals surface area contributed by atoms with Crippen LogP contribution >= 0.6 is 0 Å². The topological polar surface area (TPSA) is 68.3 Å². The zero-order valence-electron chi connectivity index (χ0n) is 16.0. The Bertz CT molecular complexity index is 911. The van der Waals surface area contributed by atoms with Crippen molar-refractivity contribution in [2.45, 2.75) is 20.3 Å². The molecule has 0 atom stereocenters. The molecule has 0 fully saturated rings. The molecule has 0 spiro atoms. The number of benzene rings is 2. The van der Waals surface area contributed by atoms with Crippen molar-refractivity contribution in [2.24, 2.45) is 0 Å². The first-order valence-electron chi connectivity index (χ1n) is 8.82. The Balaban J connectivity index is 1.82. The van der Waals surface area contributed by atoms with Crippen molar-refractivity contribution >= 4 is 23.1 Å². The van der Waals surface area contributed by atoms with Crippen LogP contribution in [0.2, 0.25) is 0 Å². The first-order chi connectivity index (χ1) is 13.1. The Morgan fingerprint density at radius 1 is 0.889 bits per heavy atom. The second-order valence-corrected chi connectivity index (χ2v) is 6.08. The van der Waals surface area contributed by atoms with Gasteiger partial charge in [-0.25, -0.2) is 4.98 Å². The Kier molecular flexibility index (Phi) is 5.76. The van der Waals surface area contributed by atoms with Crippen molar-refractivity contribution in [1.29, 1.82) is 0 Å². The fourth-order valence-electron chi connectivity index (χ4n) is 2.68. The Morgan fingerprint density at radius 3 is 2.33 bits per heavy atom. The molecule has 1 aromatic heterocycles. The number of hydrogen-bond acceptors (Lipinski definition) is 6. The molecule has 0 radical (unpaired) electrons. The van der Waals surface area contributed by atoms with Gasteiger partial charge in [-0.1, -0.05) is 19.1 Å². The molecule has 0 amide bonds. The van der Waals surface area contributed by atoms with Gasteiger partial charge in [0.25, 0.3) is 0 Å². The highest BCUT2D eigenvalue weighted by Crippen LogP contribution is 2.31. The van der Waals surface area contributed by atoms with Gasteiger partial charge in [-0.05, 0) is 43.2 Å². The lowest BCUT2D eigenvalue weighted by Crippen LogP contribution is -2.03. The first-order valence-corrected chi connectivity index (χ1v) is 8.82. The van der Waals surface area contributed by atoms with E-state index in [1.165, 1.54) is 5.56 Å². The Morgan fingerprint density at radius 2 is 1.67 bits per heavy atom. The summed E-state index contributed by atoms with van der Waals surface area (Å²) in [7, 11) is 3.24. The van der Waals surface area contributed by atoms with Gasteiger partial charge in [0.1, 0.15) is 17.3 Å². The zero-order valence-corrected chi connectivity index (χ0v) is 16.0. The molecule has 0 saturated heterocycles. The molecular weight excluding hydrogens is 340 g/mol. The predicted molar refractivity (Wildman–Crippen MR) is 109 cm³/mol. The number of hydrogen-bond donors (Lipinski definition) is 2. The molecule has 1 heterocycles. The van der Waals surface area contributed by atoms with E-state index in [0.29, 0.717) is 11.7 Å². The number of anilines is 4. The SMILES string of the molecule is CCc1ccc(Nc2cc(C)nc(Nc3ccc(OC)cc3OC)n2)cc1. The number of ether oxygens (including phenoxy) is 2. The van der Waals surface area contributed by atoms with E-state index in [-0.39, 0.29) is 0 Å². The molecule has 0 aliphatic rings. The smallest absolute Gasteiger partial charge is 0.229 e. The van der Waals surface area contributed by atoms with Crippen molar-refractivity contribution < 1.29 is 9.47 Å².